The van der Waals surface area contributed by atoms with Crippen molar-refractivity contribution in [2.24, 2.45) is 7.05 Å². The van der Waals surface area contributed by atoms with E-state index in [1.165, 1.54) is 6.07 Å². The Balaban J connectivity index is 1.86. The van der Waals surface area contributed by atoms with Crippen LogP contribution in [0.2, 0.25) is 0 Å². The maximum atomic E-state index is 12.4. The number of hydrogen-bond donors (Lipinski definition) is 1. The standard InChI is InChI=1S/C22H16N4O/c1-26-13-24-18-8-7-15(11-19(18)26)16-12-17-20(27)9-10-23-22(17)25-21(16)14-5-3-2-4-6-14/h2-13H,1H3,(H,23,25,27). The number of aromatic amines is 1. The summed E-state index contributed by atoms with van der Waals surface area (Å²) in [6.45, 7) is 0. The van der Waals surface area contributed by atoms with Gasteiger partial charge in [-0.3, -0.25) is 4.79 Å². The number of pyridine rings is 2. The number of hydrogen-bond acceptors (Lipinski definition) is 3. The molecule has 3 heterocycles. The summed E-state index contributed by atoms with van der Waals surface area (Å²) in [5, 5.41) is 0.581. The van der Waals surface area contributed by atoms with E-state index in [1.54, 1.807) is 12.5 Å². The minimum Gasteiger partial charge on any atom is -0.346 e. The fraction of sp³-hybridized carbons (Fsp3) is 0.0455. The van der Waals surface area contributed by atoms with E-state index in [4.69, 9.17) is 4.98 Å². The molecular formula is C22H16N4O. The largest absolute Gasteiger partial charge is 0.346 e. The highest BCUT2D eigenvalue weighted by molar-refractivity contribution is 5.92. The second kappa shape index (κ2) is 5.92. The highest BCUT2D eigenvalue weighted by Crippen LogP contribution is 2.33. The van der Waals surface area contributed by atoms with Gasteiger partial charge in [0.25, 0.3) is 0 Å². The van der Waals surface area contributed by atoms with Crippen LogP contribution in [-0.2, 0) is 7.05 Å². The first-order chi connectivity index (χ1) is 13.2. The number of rotatable bonds is 2. The lowest BCUT2D eigenvalue weighted by Crippen LogP contribution is -2.03. The highest BCUT2D eigenvalue weighted by Gasteiger charge is 2.14. The number of benzene rings is 2. The molecule has 5 nitrogen and oxygen atoms in total. The van der Waals surface area contributed by atoms with Gasteiger partial charge in [0.05, 0.1) is 28.4 Å². The molecule has 0 unspecified atom stereocenters. The molecule has 0 aliphatic carbocycles. The van der Waals surface area contributed by atoms with E-state index in [2.05, 4.69) is 16.0 Å². The molecule has 0 aliphatic rings. The molecule has 0 saturated heterocycles. The SMILES string of the molecule is Cn1cnc2ccc(-c3cc4c(=O)cc[nH]c4nc3-c3ccccc3)cc21. The summed E-state index contributed by atoms with van der Waals surface area (Å²) in [7, 11) is 1.97. The summed E-state index contributed by atoms with van der Waals surface area (Å²) in [5.74, 6) is 0. The third-order valence-corrected chi connectivity index (χ3v) is 4.83. The van der Waals surface area contributed by atoms with Gasteiger partial charge in [-0.2, -0.15) is 0 Å². The summed E-state index contributed by atoms with van der Waals surface area (Å²) in [6.07, 6.45) is 3.43. The van der Waals surface area contributed by atoms with Crippen molar-refractivity contribution in [1.29, 1.82) is 0 Å². The number of fused-ring (bicyclic) bond motifs is 2. The van der Waals surface area contributed by atoms with Crippen LogP contribution in [0.15, 0.2) is 78.0 Å². The van der Waals surface area contributed by atoms with Gasteiger partial charge in [0.1, 0.15) is 5.65 Å². The third kappa shape index (κ3) is 2.52. The molecule has 0 radical (unpaired) electrons. The molecule has 5 heteroatoms. The molecule has 1 N–H and O–H groups in total. The number of nitrogens with one attached hydrogen (secondary N) is 1. The molecule has 5 aromatic rings. The topological polar surface area (TPSA) is 63.6 Å². The molecule has 0 aliphatic heterocycles. The van der Waals surface area contributed by atoms with Gasteiger partial charge in [0, 0.05) is 30.4 Å². The van der Waals surface area contributed by atoms with Crippen LogP contribution in [0.1, 0.15) is 0 Å². The predicted octanol–water partition coefficient (Wildman–Crippen LogP) is 4.14. The maximum Gasteiger partial charge on any atom is 0.191 e. The predicted molar refractivity (Wildman–Crippen MR) is 108 cm³/mol. The molecule has 2 aromatic carbocycles. The molecule has 0 atom stereocenters. The van der Waals surface area contributed by atoms with Crippen LogP contribution >= 0.6 is 0 Å². The van der Waals surface area contributed by atoms with Gasteiger partial charge in [-0.05, 0) is 23.8 Å². The first-order valence-corrected chi connectivity index (χ1v) is 8.70. The monoisotopic (exact) mass is 352 g/mol. The molecule has 0 bridgehead atoms. The van der Waals surface area contributed by atoms with Crippen molar-refractivity contribution in [1.82, 2.24) is 19.5 Å². The van der Waals surface area contributed by atoms with Crippen LogP contribution in [0.3, 0.4) is 0 Å². The van der Waals surface area contributed by atoms with Gasteiger partial charge >= 0.3 is 0 Å². The van der Waals surface area contributed by atoms with Crippen LogP contribution < -0.4 is 5.43 Å². The first kappa shape index (κ1) is 15.5. The molecule has 27 heavy (non-hydrogen) atoms. The van der Waals surface area contributed by atoms with E-state index in [9.17, 15) is 4.79 Å². The molecule has 0 amide bonds. The zero-order valence-electron chi connectivity index (χ0n) is 14.7. The molecule has 0 saturated carbocycles. The molecule has 130 valence electrons. The average molecular weight is 352 g/mol. The van der Waals surface area contributed by atoms with Gasteiger partial charge in [-0.1, -0.05) is 36.4 Å². The Morgan fingerprint density at radius 3 is 2.67 bits per heavy atom. The fourth-order valence-corrected chi connectivity index (χ4v) is 3.43. The lowest BCUT2D eigenvalue weighted by molar-refractivity contribution is 0.948. The zero-order chi connectivity index (χ0) is 18.4. The van der Waals surface area contributed by atoms with Crippen LogP contribution in [-0.4, -0.2) is 19.5 Å². The number of aryl methyl sites for hydroxylation is 1. The number of aromatic nitrogens is 4. The Hall–Kier alpha value is -3.73. The van der Waals surface area contributed by atoms with E-state index in [0.29, 0.717) is 11.0 Å². The van der Waals surface area contributed by atoms with Crippen molar-refractivity contribution >= 4 is 22.1 Å². The minimum absolute atomic E-state index is 0.0428. The van der Waals surface area contributed by atoms with Gasteiger partial charge < -0.3 is 9.55 Å². The van der Waals surface area contributed by atoms with Crippen LogP contribution in [0.4, 0.5) is 0 Å². The van der Waals surface area contributed by atoms with Crippen molar-refractivity contribution in [2.45, 2.75) is 0 Å². The van der Waals surface area contributed by atoms with Gasteiger partial charge in [0.2, 0.25) is 0 Å². The maximum absolute atomic E-state index is 12.4. The van der Waals surface area contributed by atoms with Gasteiger partial charge in [0.15, 0.2) is 5.43 Å². The fourth-order valence-electron chi connectivity index (χ4n) is 3.43. The number of imidazole rings is 1. The average Bonchev–Trinajstić information content (AvgIpc) is 3.08. The normalized spacial score (nSPS) is 11.3. The summed E-state index contributed by atoms with van der Waals surface area (Å²) in [6, 6.07) is 19.6. The van der Waals surface area contributed by atoms with Crippen molar-refractivity contribution in [3.8, 4) is 22.4 Å². The summed E-state index contributed by atoms with van der Waals surface area (Å²) in [4.78, 5) is 24.6. The quantitative estimate of drug-likeness (QED) is 0.519. The lowest BCUT2D eigenvalue weighted by Gasteiger charge is -2.11. The van der Waals surface area contributed by atoms with E-state index < -0.39 is 0 Å². The van der Waals surface area contributed by atoms with Crippen molar-refractivity contribution in [2.75, 3.05) is 0 Å². The van der Waals surface area contributed by atoms with Crippen molar-refractivity contribution in [3.63, 3.8) is 0 Å². The molecule has 5 rings (SSSR count). The van der Waals surface area contributed by atoms with Crippen LogP contribution in [0.25, 0.3) is 44.5 Å². The van der Waals surface area contributed by atoms with Crippen LogP contribution in [0.5, 0.6) is 0 Å². The van der Waals surface area contributed by atoms with E-state index in [1.807, 2.05) is 60.1 Å². The smallest absolute Gasteiger partial charge is 0.191 e. The highest BCUT2D eigenvalue weighted by atomic mass is 16.1. The van der Waals surface area contributed by atoms with Gasteiger partial charge in [-0.25, -0.2) is 9.97 Å². The van der Waals surface area contributed by atoms with E-state index >= 15 is 0 Å². The molecule has 0 fully saturated rings. The zero-order valence-corrected chi connectivity index (χ0v) is 14.7. The Morgan fingerprint density at radius 2 is 1.81 bits per heavy atom. The second-order valence-electron chi connectivity index (χ2n) is 6.55. The Morgan fingerprint density at radius 1 is 0.963 bits per heavy atom. The Bertz CT molecular complexity index is 1350. The van der Waals surface area contributed by atoms with E-state index in [-0.39, 0.29) is 5.43 Å². The number of H-pyrrole nitrogens is 1. The van der Waals surface area contributed by atoms with Gasteiger partial charge in [-0.15, -0.1) is 0 Å². The summed E-state index contributed by atoms with van der Waals surface area (Å²) >= 11 is 0. The lowest BCUT2D eigenvalue weighted by atomic mass is 9.97. The molecular weight excluding hydrogens is 336 g/mol. The Kier molecular flexibility index (Phi) is 3.40. The molecule has 0 spiro atoms. The van der Waals surface area contributed by atoms with Crippen molar-refractivity contribution < 1.29 is 0 Å². The second-order valence-corrected chi connectivity index (χ2v) is 6.55. The van der Waals surface area contributed by atoms with E-state index in [0.717, 1.165) is 33.4 Å². The molecule has 3 aromatic heterocycles. The minimum atomic E-state index is -0.0428. The number of nitrogens with zero attached hydrogens (tertiary/aromatic N) is 3. The summed E-state index contributed by atoms with van der Waals surface area (Å²) < 4.78 is 1.99. The first-order valence-electron chi connectivity index (χ1n) is 8.70. The van der Waals surface area contributed by atoms with Crippen LogP contribution in [0, 0.1) is 0 Å². The third-order valence-electron chi connectivity index (χ3n) is 4.83. The Labute approximate surface area is 155 Å². The van der Waals surface area contributed by atoms with Crippen molar-refractivity contribution in [3.05, 3.63) is 83.4 Å². The summed E-state index contributed by atoms with van der Waals surface area (Å²) in [5.41, 5.74) is 6.29.